The van der Waals surface area contributed by atoms with Crippen LogP contribution in [0.3, 0.4) is 0 Å². The Balaban J connectivity index is 1.47. The van der Waals surface area contributed by atoms with Crippen LogP contribution in [0.15, 0.2) is 35.5 Å². The molecule has 43 heavy (non-hydrogen) atoms. The summed E-state index contributed by atoms with van der Waals surface area (Å²) >= 11 is 0. The number of aromatic carboxylic acids is 1. The van der Waals surface area contributed by atoms with Gasteiger partial charge in [-0.2, -0.15) is 0 Å². The Hall–Kier alpha value is -4.58. The second kappa shape index (κ2) is 10.3. The summed E-state index contributed by atoms with van der Waals surface area (Å²) in [5, 5.41) is 13.3. The van der Waals surface area contributed by atoms with E-state index in [0.717, 1.165) is 32.0 Å². The molecule has 2 aliphatic rings. The fourth-order valence-electron chi connectivity index (χ4n) is 6.90. The molecular formula is C31H31F2N7O3. The number of likely N-dealkylation sites (tertiary alicyclic amines) is 1. The molecule has 5 aromatic rings. The maximum absolute atomic E-state index is 15.7. The lowest BCUT2D eigenvalue weighted by Crippen LogP contribution is -2.44. The fourth-order valence-corrected chi connectivity index (χ4v) is 6.90. The maximum Gasteiger partial charge on any atom is 0.341 e. The van der Waals surface area contributed by atoms with Crippen LogP contribution < -0.4 is 15.6 Å². The topological polar surface area (TPSA) is 119 Å². The molecule has 0 spiro atoms. The molecule has 12 heteroatoms. The number of nitrogens with zero attached hydrogens (tertiary/aromatic N) is 5. The zero-order valence-electron chi connectivity index (χ0n) is 23.9. The summed E-state index contributed by atoms with van der Waals surface area (Å²) in [6.07, 6.45) is 8.78. The van der Waals surface area contributed by atoms with Crippen molar-refractivity contribution in [1.29, 1.82) is 0 Å². The number of H-pyrrole nitrogens is 1. The number of carboxylic acids is 1. The molecule has 0 bridgehead atoms. The average molecular weight is 588 g/mol. The van der Waals surface area contributed by atoms with E-state index < -0.39 is 23.0 Å². The second-order valence-corrected chi connectivity index (χ2v) is 11.4. The third-order valence-electron chi connectivity index (χ3n) is 9.03. The first-order valence-electron chi connectivity index (χ1n) is 14.5. The second-order valence-electron chi connectivity index (χ2n) is 11.4. The van der Waals surface area contributed by atoms with Crippen molar-refractivity contribution in [2.24, 2.45) is 7.05 Å². The maximum atomic E-state index is 15.7. The van der Waals surface area contributed by atoms with Crippen LogP contribution in [-0.2, 0) is 7.05 Å². The minimum Gasteiger partial charge on any atom is -0.477 e. The number of carboxylic acid groups (broad SMARTS) is 1. The molecule has 0 unspecified atom stereocenters. The van der Waals surface area contributed by atoms with E-state index in [-0.39, 0.29) is 16.3 Å². The van der Waals surface area contributed by atoms with Crippen molar-refractivity contribution in [3.8, 4) is 11.1 Å². The molecule has 2 saturated heterocycles. The van der Waals surface area contributed by atoms with Gasteiger partial charge in [0, 0.05) is 69.0 Å². The molecule has 0 saturated carbocycles. The van der Waals surface area contributed by atoms with Crippen molar-refractivity contribution in [3.63, 3.8) is 0 Å². The summed E-state index contributed by atoms with van der Waals surface area (Å²) in [5.74, 6) is -3.27. The summed E-state index contributed by atoms with van der Waals surface area (Å²) in [5.41, 5.74) is 2.36. The Morgan fingerprint density at radius 2 is 1.81 bits per heavy atom. The highest BCUT2D eigenvalue weighted by molar-refractivity contribution is 6.18. The Kier molecular flexibility index (Phi) is 6.53. The first-order valence-corrected chi connectivity index (χ1v) is 14.5. The van der Waals surface area contributed by atoms with Crippen LogP contribution in [0.5, 0.6) is 0 Å². The van der Waals surface area contributed by atoms with Crippen molar-refractivity contribution < 1.29 is 18.7 Å². The number of piperidine rings is 1. The first-order chi connectivity index (χ1) is 20.8. The van der Waals surface area contributed by atoms with Gasteiger partial charge in [-0.15, -0.1) is 0 Å². The minimum atomic E-state index is -1.32. The molecule has 2 aliphatic heterocycles. The highest BCUT2D eigenvalue weighted by Crippen LogP contribution is 2.44. The number of aromatic amines is 1. The third kappa shape index (κ3) is 4.31. The Morgan fingerprint density at radius 3 is 2.51 bits per heavy atom. The van der Waals surface area contributed by atoms with E-state index in [1.165, 1.54) is 23.6 Å². The number of nitrogens with one attached hydrogen (secondary N) is 2. The number of halogens is 2. The number of carbonyl (C=O) groups is 1. The number of hydrogen-bond acceptors (Lipinski definition) is 7. The van der Waals surface area contributed by atoms with Crippen LogP contribution in [0.25, 0.3) is 44.1 Å². The highest BCUT2D eigenvalue weighted by Gasteiger charge is 2.31. The quantitative estimate of drug-likeness (QED) is 0.271. The van der Waals surface area contributed by atoms with Gasteiger partial charge >= 0.3 is 5.97 Å². The van der Waals surface area contributed by atoms with Crippen molar-refractivity contribution in [1.82, 2.24) is 24.4 Å². The standard InChI is InChI=1S/C31H31F2N7O3/c1-34-22-12-21(32)25(33)23-24-27(40-9-5-17(6-10-40)39-7-3-4-8-39)19(14-35-29(24)37-26(22)23)16-11-18-28(41)20(31(42)43)15-38(2)30(18)36-13-16/h11-15,17,34H,3-10H2,1-2H3,(H,35,37)(H,42,43). The normalized spacial score (nSPS) is 16.6. The van der Waals surface area contributed by atoms with Crippen LogP contribution in [0.2, 0.25) is 0 Å². The van der Waals surface area contributed by atoms with Gasteiger partial charge in [-0.05, 0) is 44.8 Å². The molecule has 4 aromatic heterocycles. The number of fused-ring (bicyclic) bond motifs is 4. The minimum absolute atomic E-state index is 0.100. The van der Waals surface area contributed by atoms with Crippen molar-refractivity contribution in [2.75, 3.05) is 43.4 Å². The predicted octanol–water partition coefficient (Wildman–Crippen LogP) is 4.71. The van der Waals surface area contributed by atoms with E-state index in [2.05, 4.69) is 30.1 Å². The molecule has 2 fully saturated rings. The number of aromatic nitrogens is 4. The smallest absolute Gasteiger partial charge is 0.341 e. The number of pyridine rings is 3. The lowest BCUT2D eigenvalue weighted by Gasteiger charge is -2.38. The van der Waals surface area contributed by atoms with Gasteiger partial charge in [0.25, 0.3) is 0 Å². The van der Waals surface area contributed by atoms with E-state index in [4.69, 9.17) is 0 Å². The number of rotatable bonds is 5. The summed E-state index contributed by atoms with van der Waals surface area (Å²) in [6, 6.07) is 3.20. The molecule has 3 N–H and O–H groups in total. The highest BCUT2D eigenvalue weighted by atomic mass is 19.2. The van der Waals surface area contributed by atoms with Gasteiger partial charge < -0.3 is 29.8 Å². The number of anilines is 2. The lowest BCUT2D eigenvalue weighted by molar-refractivity contribution is 0.0695. The van der Waals surface area contributed by atoms with Gasteiger partial charge in [0.05, 0.1) is 33.1 Å². The van der Waals surface area contributed by atoms with Crippen LogP contribution in [0, 0.1) is 11.6 Å². The SMILES string of the molecule is CNc1cc(F)c(F)c2c1[nH]c1ncc(-c3cnc4c(c3)c(=O)c(C(=O)O)cn4C)c(N3CCC(N4CCCC4)CC3)c12. The van der Waals surface area contributed by atoms with Gasteiger partial charge in [-0.25, -0.2) is 23.5 Å². The molecule has 1 aromatic carbocycles. The molecule has 6 heterocycles. The molecule has 0 atom stereocenters. The van der Waals surface area contributed by atoms with Crippen LogP contribution in [0.4, 0.5) is 20.2 Å². The molecule has 0 amide bonds. The monoisotopic (exact) mass is 587 g/mol. The Bertz CT molecular complexity index is 1990. The number of hydrogen-bond donors (Lipinski definition) is 3. The van der Waals surface area contributed by atoms with E-state index in [1.807, 2.05) is 0 Å². The first kappa shape index (κ1) is 27.3. The van der Waals surface area contributed by atoms with Crippen molar-refractivity contribution >= 4 is 50.3 Å². The summed E-state index contributed by atoms with van der Waals surface area (Å²) in [7, 11) is 3.28. The number of aryl methyl sites for hydroxylation is 1. The Morgan fingerprint density at radius 1 is 1.07 bits per heavy atom. The summed E-state index contributed by atoms with van der Waals surface area (Å²) in [6.45, 7) is 3.60. The van der Waals surface area contributed by atoms with Crippen LogP contribution in [-0.4, -0.2) is 74.8 Å². The van der Waals surface area contributed by atoms with Gasteiger partial charge in [0.15, 0.2) is 11.6 Å². The zero-order chi connectivity index (χ0) is 30.0. The van der Waals surface area contributed by atoms with Gasteiger partial charge in [0.2, 0.25) is 5.43 Å². The van der Waals surface area contributed by atoms with Crippen molar-refractivity contribution in [3.05, 3.63) is 58.1 Å². The van der Waals surface area contributed by atoms with Crippen LogP contribution in [0.1, 0.15) is 36.0 Å². The Labute approximate surface area is 244 Å². The molecule has 0 radical (unpaired) electrons. The third-order valence-corrected chi connectivity index (χ3v) is 9.03. The largest absolute Gasteiger partial charge is 0.477 e. The van der Waals surface area contributed by atoms with Gasteiger partial charge in [0.1, 0.15) is 16.9 Å². The van der Waals surface area contributed by atoms with Crippen molar-refractivity contribution in [2.45, 2.75) is 31.7 Å². The van der Waals surface area contributed by atoms with E-state index >= 15 is 4.39 Å². The van der Waals surface area contributed by atoms with E-state index in [9.17, 15) is 19.1 Å². The van der Waals surface area contributed by atoms with Gasteiger partial charge in [-0.3, -0.25) is 4.79 Å². The zero-order valence-corrected chi connectivity index (χ0v) is 23.9. The lowest BCUT2D eigenvalue weighted by atomic mass is 9.97. The fraction of sp³-hybridized carbons (Fsp3) is 0.355. The molecule has 7 rings (SSSR count). The van der Waals surface area contributed by atoms with Gasteiger partial charge in [-0.1, -0.05) is 0 Å². The molecular weight excluding hydrogens is 556 g/mol. The summed E-state index contributed by atoms with van der Waals surface area (Å²) in [4.78, 5) is 42.0. The molecule has 222 valence electrons. The predicted molar refractivity (Wildman–Crippen MR) is 162 cm³/mol. The summed E-state index contributed by atoms with van der Waals surface area (Å²) < 4.78 is 32.1. The molecule has 0 aliphatic carbocycles. The number of benzene rings is 1. The van der Waals surface area contributed by atoms with Crippen LogP contribution >= 0.6 is 0 Å². The van der Waals surface area contributed by atoms with E-state index in [1.54, 1.807) is 32.6 Å². The molecule has 10 nitrogen and oxygen atoms in total. The van der Waals surface area contributed by atoms with E-state index in [0.29, 0.717) is 63.8 Å². The average Bonchev–Trinajstić information content (AvgIpc) is 3.69.